The standard InChI is InChI=1S/C35H46N2O4/c1-2-7-28(8-3-1)24-38-19-6-20-40-33-14-12-32(13-15-33)34-16-18-37-23-35(34)41-27-30-10-4-9-29(21-30)25-39-26-31-11-5-17-36-22-31/h1-4,7-10,12-15,21,31,34-37H,5-6,11,16-20,22-27H2. The Kier molecular flexibility index (Phi) is 12.1. The zero-order chi connectivity index (χ0) is 28.0. The maximum atomic E-state index is 6.50. The van der Waals surface area contributed by atoms with Gasteiger partial charge < -0.3 is 29.6 Å². The van der Waals surface area contributed by atoms with Gasteiger partial charge >= 0.3 is 0 Å². The van der Waals surface area contributed by atoms with E-state index in [2.05, 4.69) is 71.3 Å². The molecule has 0 saturated carbocycles. The average molecular weight is 559 g/mol. The molecule has 3 aromatic rings. The van der Waals surface area contributed by atoms with E-state index < -0.39 is 0 Å². The van der Waals surface area contributed by atoms with Crippen LogP contribution in [0.25, 0.3) is 0 Å². The fourth-order valence-corrected chi connectivity index (χ4v) is 5.74. The van der Waals surface area contributed by atoms with E-state index in [9.17, 15) is 0 Å². The number of hydrogen-bond acceptors (Lipinski definition) is 6. The van der Waals surface area contributed by atoms with Crippen molar-refractivity contribution in [1.29, 1.82) is 0 Å². The van der Waals surface area contributed by atoms with Crippen LogP contribution in [0.3, 0.4) is 0 Å². The molecule has 2 saturated heterocycles. The second-order valence-electron chi connectivity index (χ2n) is 11.3. The summed E-state index contributed by atoms with van der Waals surface area (Å²) in [5, 5.41) is 6.99. The fourth-order valence-electron chi connectivity index (χ4n) is 5.74. The van der Waals surface area contributed by atoms with Crippen molar-refractivity contribution in [3.05, 3.63) is 101 Å². The lowest BCUT2D eigenvalue weighted by Gasteiger charge is -2.32. The minimum absolute atomic E-state index is 0.135. The summed E-state index contributed by atoms with van der Waals surface area (Å²) in [4.78, 5) is 0. The molecule has 6 nitrogen and oxygen atoms in total. The van der Waals surface area contributed by atoms with E-state index in [0.29, 0.717) is 44.9 Å². The highest BCUT2D eigenvalue weighted by Gasteiger charge is 2.27. The predicted octanol–water partition coefficient (Wildman–Crippen LogP) is 5.85. The van der Waals surface area contributed by atoms with Gasteiger partial charge in [0.05, 0.1) is 45.7 Å². The van der Waals surface area contributed by atoms with Crippen LogP contribution in [0.15, 0.2) is 78.9 Å². The number of piperidine rings is 2. The highest BCUT2D eigenvalue weighted by Crippen LogP contribution is 2.30. The Balaban J connectivity index is 1.03. The molecular formula is C35H46N2O4. The van der Waals surface area contributed by atoms with E-state index in [0.717, 1.165) is 51.4 Å². The average Bonchev–Trinajstić information content (AvgIpc) is 3.03. The fraction of sp³-hybridized carbons (Fsp3) is 0.486. The molecule has 0 aliphatic carbocycles. The van der Waals surface area contributed by atoms with Crippen molar-refractivity contribution < 1.29 is 18.9 Å². The molecule has 6 heteroatoms. The van der Waals surface area contributed by atoms with Gasteiger partial charge in [0.2, 0.25) is 0 Å². The molecule has 220 valence electrons. The van der Waals surface area contributed by atoms with Gasteiger partial charge in [0.15, 0.2) is 0 Å². The van der Waals surface area contributed by atoms with Gasteiger partial charge in [-0.05, 0) is 72.7 Å². The minimum Gasteiger partial charge on any atom is -0.494 e. The van der Waals surface area contributed by atoms with Gasteiger partial charge in [0.1, 0.15) is 5.75 Å². The molecule has 3 atom stereocenters. The summed E-state index contributed by atoms with van der Waals surface area (Å²) in [7, 11) is 0. The highest BCUT2D eigenvalue weighted by molar-refractivity contribution is 5.31. The molecule has 2 heterocycles. The Morgan fingerprint density at radius 3 is 2.29 bits per heavy atom. The normalized spacial score (nSPS) is 21.0. The van der Waals surface area contributed by atoms with Crippen molar-refractivity contribution in [1.82, 2.24) is 10.6 Å². The smallest absolute Gasteiger partial charge is 0.119 e. The molecule has 2 N–H and O–H groups in total. The second-order valence-corrected chi connectivity index (χ2v) is 11.3. The number of hydrogen-bond donors (Lipinski definition) is 2. The molecule has 2 fully saturated rings. The van der Waals surface area contributed by atoms with Crippen molar-refractivity contribution in [2.75, 3.05) is 46.0 Å². The third-order valence-electron chi connectivity index (χ3n) is 8.02. The van der Waals surface area contributed by atoms with E-state index in [1.807, 2.05) is 18.2 Å². The Hall–Kier alpha value is -2.74. The Morgan fingerprint density at radius 1 is 0.683 bits per heavy atom. The zero-order valence-corrected chi connectivity index (χ0v) is 24.3. The SMILES string of the molecule is c1ccc(COCCCOc2ccc(C3CCNCC3OCc3cccc(COCC4CCCNC4)c3)cc2)cc1. The van der Waals surface area contributed by atoms with Crippen LogP contribution in [0.5, 0.6) is 5.75 Å². The van der Waals surface area contributed by atoms with Crippen molar-refractivity contribution in [2.24, 2.45) is 5.92 Å². The molecule has 0 spiro atoms. The van der Waals surface area contributed by atoms with Gasteiger partial charge in [-0.3, -0.25) is 0 Å². The van der Waals surface area contributed by atoms with Crippen molar-refractivity contribution >= 4 is 0 Å². The predicted molar refractivity (Wildman–Crippen MR) is 163 cm³/mol. The first kappa shape index (κ1) is 29.7. The zero-order valence-electron chi connectivity index (χ0n) is 24.3. The molecule has 3 aromatic carbocycles. The van der Waals surface area contributed by atoms with E-state index in [-0.39, 0.29) is 6.10 Å². The Morgan fingerprint density at radius 2 is 1.46 bits per heavy atom. The third kappa shape index (κ3) is 9.94. The number of ether oxygens (including phenoxy) is 4. The third-order valence-corrected chi connectivity index (χ3v) is 8.02. The van der Waals surface area contributed by atoms with Crippen LogP contribution < -0.4 is 15.4 Å². The molecule has 0 amide bonds. The summed E-state index contributed by atoms with van der Waals surface area (Å²) in [5.41, 5.74) is 4.93. The van der Waals surface area contributed by atoms with Crippen molar-refractivity contribution in [3.63, 3.8) is 0 Å². The molecule has 2 aliphatic heterocycles. The first-order chi connectivity index (χ1) is 20.3. The maximum absolute atomic E-state index is 6.50. The summed E-state index contributed by atoms with van der Waals surface area (Å²) >= 11 is 0. The number of rotatable bonds is 15. The summed E-state index contributed by atoms with van der Waals surface area (Å²) < 4.78 is 24.3. The lowest BCUT2D eigenvalue weighted by atomic mass is 9.87. The van der Waals surface area contributed by atoms with Gasteiger partial charge in [-0.2, -0.15) is 0 Å². The van der Waals surface area contributed by atoms with Crippen LogP contribution in [0.4, 0.5) is 0 Å². The molecule has 41 heavy (non-hydrogen) atoms. The van der Waals surface area contributed by atoms with Crippen molar-refractivity contribution in [2.45, 2.75) is 57.5 Å². The van der Waals surface area contributed by atoms with Crippen molar-refractivity contribution in [3.8, 4) is 5.75 Å². The Bertz CT molecular complexity index is 1130. The van der Waals surface area contributed by atoms with Crippen LogP contribution in [0.2, 0.25) is 0 Å². The van der Waals surface area contributed by atoms with Gasteiger partial charge in [-0.25, -0.2) is 0 Å². The van der Waals surface area contributed by atoms with Gasteiger partial charge in [-0.15, -0.1) is 0 Å². The Labute approximate surface area is 245 Å². The molecule has 3 unspecified atom stereocenters. The number of benzene rings is 3. The van der Waals surface area contributed by atoms with Crippen LogP contribution in [-0.2, 0) is 34.0 Å². The number of nitrogens with one attached hydrogen (secondary N) is 2. The van der Waals surface area contributed by atoms with E-state index in [1.54, 1.807) is 0 Å². The lowest BCUT2D eigenvalue weighted by Crippen LogP contribution is -2.40. The van der Waals surface area contributed by atoms with Gasteiger partial charge in [0.25, 0.3) is 0 Å². The van der Waals surface area contributed by atoms with Gasteiger partial charge in [-0.1, -0.05) is 66.7 Å². The first-order valence-electron chi connectivity index (χ1n) is 15.4. The second kappa shape index (κ2) is 16.6. The van der Waals surface area contributed by atoms with Crippen LogP contribution in [-0.4, -0.2) is 52.1 Å². The molecule has 0 radical (unpaired) electrons. The van der Waals surface area contributed by atoms with E-state index in [4.69, 9.17) is 18.9 Å². The monoisotopic (exact) mass is 558 g/mol. The molecule has 0 aromatic heterocycles. The molecule has 0 bridgehead atoms. The van der Waals surface area contributed by atoms with Crippen LogP contribution >= 0.6 is 0 Å². The quantitative estimate of drug-likeness (QED) is 0.228. The summed E-state index contributed by atoms with van der Waals surface area (Å²) in [5.74, 6) is 1.91. The molecular weight excluding hydrogens is 512 g/mol. The molecule has 2 aliphatic rings. The van der Waals surface area contributed by atoms with E-state index in [1.165, 1.54) is 35.1 Å². The lowest BCUT2D eigenvalue weighted by molar-refractivity contribution is 0.0105. The maximum Gasteiger partial charge on any atom is 0.119 e. The van der Waals surface area contributed by atoms with Gasteiger partial charge in [0, 0.05) is 25.4 Å². The summed E-state index contributed by atoms with van der Waals surface area (Å²) in [6.45, 7) is 8.17. The first-order valence-corrected chi connectivity index (χ1v) is 15.4. The topological polar surface area (TPSA) is 61.0 Å². The summed E-state index contributed by atoms with van der Waals surface area (Å²) in [6, 6.07) is 27.5. The minimum atomic E-state index is 0.135. The highest BCUT2D eigenvalue weighted by atomic mass is 16.5. The summed E-state index contributed by atoms with van der Waals surface area (Å²) in [6.07, 6.45) is 4.58. The van der Waals surface area contributed by atoms with E-state index >= 15 is 0 Å². The largest absolute Gasteiger partial charge is 0.494 e. The van der Waals surface area contributed by atoms with Crippen LogP contribution in [0.1, 0.15) is 53.9 Å². The molecule has 5 rings (SSSR count). The van der Waals surface area contributed by atoms with Crippen LogP contribution in [0, 0.1) is 5.92 Å².